The fraction of sp³-hybridized carbons (Fsp3) is 0.364. The summed E-state index contributed by atoms with van der Waals surface area (Å²) < 4.78 is 1.68. The van der Waals surface area contributed by atoms with Crippen molar-refractivity contribution in [2.75, 3.05) is 22.9 Å². The molecule has 2 rings (SSSR count). The molecule has 0 atom stereocenters. The zero-order valence-corrected chi connectivity index (χ0v) is 20.1. The summed E-state index contributed by atoms with van der Waals surface area (Å²) in [5, 5.41) is 0. The second-order valence-corrected chi connectivity index (χ2v) is 10.8. The molecule has 2 aromatic rings. The van der Waals surface area contributed by atoms with E-state index in [1.165, 1.54) is 0 Å². The molecular weight excluding hydrogens is 421 g/mol. The van der Waals surface area contributed by atoms with E-state index in [0.717, 1.165) is 33.1 Å². The normalized spacial score (nSPS) is 10.9. The van der Waals surface area contributed by atoms with Crippen LogP contribution in [0.5, 0.6) is 0 Å². The van der Waals surface area contributed by atoms with Crippen LogP contribution in [0.3, 0.4) is 0 Å². The van der Waals surface area contributed by atoms with E-state index in [4.69, 9.17) is 24.4 Å². The number of hydrogen-bond acceptors (Lipinski definition) is 4. The Morgan fingerprint density at radius 2 is 1.00 bits per heavy atom. The maximum Gasteiger partial charge on any atom is 0.151 e. The van der Waals surface area contributed by atoms with Crippen molar-refractivity contribution in [2.45, 2.75) is 27.7 Å². The van der Waals surface area contributed by atoms with E-state index in [-0.39, 0.29) is 0 Å². The number of para-hydroxylation sites is 2. The molecule has 0 N–H and O–H groups in total. The number of rotatable bonds is 6. The average Bonchev–Trinajstić information content (AvgIpc) is 2.69. The van der Waals surface area contributed by atoms with Crippen molar-refractivity contribution in [2.24, 2.45) is 11.8 Å². The zero-order valence-electron chi connectivity index (χ0n) is 16.9. The van der Waals surface area contributed by atoms with Gasteiger partial charge in [0.25, 0.3) is 0 Å². The minimum Gasteiger partial charge on any atom is -0.326 e. The van der Waals surface area contributed by atoms with Gasteiger partial charge in [-0.25, -0.2) is 0 Å². The Hall–Kier alpha value is -1.08. The van der Waals surface area contributed by atoms with Gasteiger partial charge in [0.2, 0.25) is 0 Å². The van der Waals surface area contributed by atoms with Gasteiger partial charge in [0.05, 0.1) is 0 Å². The van der Waals surface area contributed by atoms with Gasteiger partial charge in [-0.15, -0.1) is 0 Å². The Balaban J connectivity index is 2.08. The van der Waals surface area contributed by atoms with Crippen LogP contribution in [0.15, 0.2) is 60.7 Å². The van der Waals surface area contributed by atoms with Crippen LogP contribution in [0.25, 0.3) is 0 Å². The van der Waals surface area contributed by atoms with Crippen LogP contribution < -0.4 is 9.80 Å². The Labute approximate surface area is 188 Å². The quantitative estimate of drug-likeness (QED) is 0.336. The number of thiocarbonyl (C=S) groups is 2. The second kappa shape index (κ2) is 11.8. The van der Waals surface area contributed by atoms with Gasteiger partial charge in [-0.3, -0.25) is 0 Å². The lowest BCUT2D eigenvalue weighted by Crippen LogP contribution is -2.32. The summed E-state index contributed by atoms with van der Waals surface area (Å²) in [6.45, 7) is 10.6. The van der Waals surface area contributed by atoms with Crippen molar-refractivity contribution in [3.63, 3.8) is 0 Å². The van der Waals surface area contributed by atoms with Gasteiger partial charge >= 0.3 is 0 Å². The first-order valence-corrected chi connectivity index (χ1v) is 12.4. The Morgan fingerprint density at radius 3 is 1.29 bits per heavy atom. The summed E-state index contributed by atoms with van der Waals surface area (Å²) in [4.78, 5) is 4.41. The van der Waals surface area contributed by atoms with Crippen molar-refractivity contribution < 1.29 is 0 Å². The van der Waals surface area contributed by atoms with Gasteiger partial charge < -0.3 is 9.80 Å². The Kier molecular flexibility index (Phi) is 9.79. The predicted molar refractivity (Wildman–Crippen MR) is 138 cm³/mol. The lowest BCUT2D eigenvalue weighted by Gasteiger charge is -2.29. The first-order chi connectivity index (χ1) is 13.4. The molecule has 6 heteroatoms. The zero-order chi connectivity index (χ0) is 20.5. The molecule has 0 aliphatic heterocycles. The number of anilines is 2. The highest BCUT2D eigenvalue weighted by Crippen LogP contribution is 2.33. The molecule has 0 aromatic heterocycles. The van der Waals surface area contributed by atoms with Gasteiger partial charge in [-0.2, -0.15) is 0 Å². The molecule has 150 valence electrons. The van der Waals surface area contributed by atoms with Crippen molar-refractivity contribution in [3.8, 4) is 0 Å². The van der Waals surface area contributed by atoms with E-state index in [9.17, 15) is 0 Å². The van der Waals surface area contributed by atoms with Crippen LogP contribution in [0.1, 0.15) is 27.7 Å². The van der Waals surface area contributed by atoms with Gasteiger partial charge in [-0.1, -0.05) is 88.5 Å². The van der Waals surface area contributed by atoms with Crippen molar-refractivity contribution >= 4 is 66.0 Å². The molecule has 0 heterocycles. The summed E-state index contributed by atoms with van der Waals surface area (Å²) in [6.07, 6.45) is 0. The first kappa shape index (κ1) is 23.2. The highest BCUT2D eigenvalue weighted by Gasteiger charge is 2.19. The largest absolute Gasteiger partial charge is 0.326 e. The molecule has 2 aromatic carbocycles. The van der Waals surface area contributed by atoms with E-state index in [1.807, 2.05) is 36.4 Å². The molecule has 0 bridgehead atoms. The van der Waals surface area contributed by atoms with Crippen LogP contribution in [-0.4, -0.2) is 21.7 Å². The van der Waals surface area contributed by atoms with Crippen LogP contribution in [0.2, 0.25) is 0 Å². The summed E-state index contributed by atoms with van der Waals surface area (Å²) in [6, 6.07) is 20.7. The highest BCUT2D eigenvalue weighted by molar-refractivity contribution is 8.89. The van der Waals surface area contributed by atoms with E-state index >= 15 is 0 Å². The minimum atomic E-state index is 0.512. The van der Waals surface area contributed by atoms with E-state index < -0.39 is 0 Å². The molecule has 0 saturated carbocycles. The molecule has 0 fully saturated rings. The molecule has 0 aliphatic carbocycles. The monoisotopic (exact) mass is 448 g/mol. The van der Waals surface area contributed by atoms with Gasteiger partial charge in [0.15, 0.2) is 8.64 Å². The third-order valence-corrected chi connectivity index (χ3v) is 7.44. The smallest absolute Gasteiger partial charge is 0.151 e. The van der Waals surface area contributed by atoms with Gasteiger partial charge in [-0.05, 0) is 57.7 Å². The lowest BCUT2D eigenvalue weighted by atomic mass is 10.2. The predicted octanol–water partition coefficient (Wildman–Crippen LogP) is 7.26. The van der Waals surface area contributed by atoms with Crippen LogP contribution in [0, 0.1) is 11.8 Å². The molecule has 0 radical (unpaired) electrons. The topological polar surface area (TPSA) is 6.48 Å². The van der Waals surface area contributed by atoms with E-state index in [0.29, 0.717) is 11.8 Å². The van der Waals surface area contributed by atoms with Crippen LogP contribution in [-0.2, 0) is 0 Å². The standard InChI is InChI=1S/C22H28N2S4/c1-17(2)15-23(19-11-7-5-8-12-19)21(25)27-28-22(26)24(16-18(3)4)20-13-9-6-10-14-20/h5-14,17-18H,15-16H2,1-4H3. The lowest BCUT2D eigenvalue weighted by molar-refractivity contribution is 0.661. The molecule has 0 aliphatic rings. The van der Waals surface area contributed by atoms with E-state index in [1.54, 1.807) is 21.6 Å². The maximum atomic E-state index is 5.78. The second-order valence-electron chi connectivity index (χ2n) is 7.38. The number of benzene rings is 2. The first-order valence-electron chi connectivity index (χ1n) is 9.46. The van der Waals surface area contributed by atoms with E-state index in [2.05, 4.69) is 61.8 Å². The minimum absolute atomic E-state index is 0.512. The highest BCUT2D eigenvalue weighted by atomic mass is 33.1. The summed E-state index contributed by atoms with van der Waals surface area (Å²) in [5.74, 6) is 1.02. The van der Waals surface area contributed by atoms with Crippen LogP contribution in [0.4, 0.5) is 11.4 Å². The fourth-order valence-electron chi connectivity index (χ4n) is 2.68. The molecule has 0 saturated heterocycles. The number of hydrogen-bond donors (Lipinski definition) is 0. The van der Waals surface area contributed by atoms with Crippen molar-refractivity contribution in [1.82, 2.24) is 0 Å². The SMILES string of the molecule is CC(C)CN(C(=S)SSC(=S)N(CC(C)C)c1ccccc1)c1ccccc1. The summed E-state index contributed by atoms with van der Waals surface area (Å²) >= 11 is 11.6. The molecular formula is C22H28N2S4. The third kappa shape index (κ3) is 7.39. The molecule has 0 amide bonds. The van der Waals surface area contributed by atoms with Gasteiger partial charge in [0.1, 0.15) is 0 Å². The number of nitrogens with zero attached hydrogens (tertiary/aromatic N) is 2. The van der Waals surface area contributed by atoms with Gasteiger partial charge in [0, 0.05) is 24.5 Å². The molecule has 2 nitrogen and oxygen atoms in total. The average molecular weight is 449 g/mol. The molecule has 0 unspecified atom stereocenters. The summed E-state index contributed by atoms with van der Waals surface area (Å²) in [7, 11) is 3.14. The maximum absolute atomic E-state index is 5.78. The Bertz CT molecular complexity index is 682. The molecule has 0 spiro atoms. The van der Waals surface area contributed by atoms with Crippen LogP contribution >= 0.6 is 46.0 Å². The third-order valence-electron chi connectivity index (χ3n) is 3.86. The summed E-state index contributed by atoms with van der Waals surface area (Å²) in [5.41, 5.74) is 2.25. The van der Waals surface area contributed by atoms with Crippen molar-refractivity contribution in [3.05, 3.63) is 60.7 Å². The van der Waals surface area contributed by atoms with Crippen molar-refractivity contribution in [1.29, 1.82) is 0 Å². The Morgan fingerprint density at radius 1 is 0.679 bits per heavy atom. The fourth-order valence-corrected chi connectivity index (χ4v) is 5.30. The molecule has 28 heavy (non-hydrogen) atoms.